The summed E-state index contributed by atoms with van der Waals surface area (Å²) in [6.07, 6.45) is 5.35. The van der Waals surface area contributed by atoms with Crippen molar-refractivity contribution in [2.24, 2.45) is 0 Å². The Balaban J connectivity index is 2.45. The number of aromatic hydroxyl groups is 1. The van der Waals surface area contributed by atoms with Gasteiger partial charge in [0.25, 0.3) is 0 Å². The highest BCUT2D eigenvalue weighted by molar-refractivity contribution is 5.65. The number of benzene rings is 1. The Labute approximate surface area is 205 Å². The fourth-order valence-corrected chi connectivity index (χ4v) is 4.02. The number of aliphatic hydroxyl groups is 1. The molecule has 0 bridgehead atoms. The van der Waals surface area contributed by atoms with Gasteiger partial charge in [-0.3, -0.25) is 4.98 Å². The summed E-state index contributed by atoms with van der Waals surface area (Å²) in [4.78, 5) is 4.08. The molecule has 0 aliphatic carbocycles. The van der Waals surface area contributed by atoms with Crippen LogP contribution < -0.4 is 5.32 Å². The van der Waals surface area contributed by atoms with Gasteiger partial charge in [0.15, 0.2) is 5.60 Å². The second kappa shape index (κ2) is 11.4. The summed E-state index contributed by atoms with van der Waals surface area (Å²) < 4.78 is 42.8. The molecule has 7 heteroatoms. The van der Waals surface area contributed by atoms with Gasteiger partial charge < -0.3 is 15.5 Å². The first-order valence-corrected chi connectivity index (χ1v) is 11.2. The monoisotopic (exact) mass is 486 g/mol. The van der Waals surface area contributed by atoms with Crippen LogP contribution in [0.25, 0.3) is 11.1 Å². The summed E-state index contributed by atoms with van der Waals surface area (Å²) in [7, 11) is 1.52. The first-order valence-electron chi connectivity index (χ1n) is 11.2. The molecule has 4 nitrogen and oxygen atoms in total. The summed E-state index contributed by atoms with van der Waals surface area (Å²) in [5.41, 5.74) is -1.54. The predicted molar refractivity (Wildman–Crippen MR) is 135 cm³/mol. The summed E-state index contributed by atoms with van der Waals surface area (Å²) in [5.74, 6) is -0.135. The van der Waals surface area contributed by atoms with Crippen molar-refractivity contribution in [1.82, 2.24) is 10.3 Å². The van der Waals surface area contributed by atoms with E-state index in [-0.39, 0.29) is 11.4 Å². The van der Waals surface area contributed by atoms with Crippen molar-refractivity contribution in [3.05, 3.63) is 96.5 Å². The Morgan fingerprint density at radius 1 is 1.14 bits per heavy atom. The van der Waals surface area contributed by atoms with Gasteiger partial charge in [0.2, 0.25) is 0 Å². The van der Waals surface area contributed by atoms with Gasteiger partial charge in [-0.25, -0.2) is 0 Å². The molecule has 1 aromatic carbocycles. The van der Waals surface area contributed by atoms with E-state index in [2.05, 4.69) is 16.9 Å². The predicted octanol–water partition coefficient (Wildman–Crippen LogP) is 6.60. The molecule has 1 aromatic heterocycles. The molecule has 0 aliphatic rings. The molecule has 2 rings (SSSR count). The summed E-state index contributed by atoms with van der Waals surface area (Å²) in [6, 6.07) is 8.36. The van der Waals surface area contributed by atoms with Crippen molar-refractivity contribution in [1.29, 1.82) is 0 Å². The van der Waals surface area contributed by atoms with Crippen molar-refractivity contribution in [2.45, 2.75) is 50.8 Å². The van der Waals surface area contributed by atoms with Crippen LogP contribution in [-0.4, -0.2) is 34.0 Å². The molecule has 0 saturated carbocycles. The molecule has 1 unspecified atom stereocenters. The van der Waals surface area contributed by atoms with Crippen molar-refractivity contribution in [3.63, 3.8) is 0 Å². The Bertz CT molecular complexity index is 1100. The maximum Gasteiger partial charge on any atom is 0.417 e. The van der Waals surface area contributed by atoms with Crippen LogP contribution in [0.4, 0.5) is 13.2 Å². The largest absolute Gasteiger partial charge is 0.508 e. The molecule has 0 spiro atoms. The zero-order valence-electron chi connectivity index (χ0n) is 20.5. The lowest BCUT2D eigenvalue weighted by Crippen LogP contribution is -2.50. The van der Waals surface area contributed by atoms with Crippen molar-refractivity contribution in [2.75, 3.05) is 7.05 Å². The molecule has 0 saturated heterocycles. The summed E-state index contributed by atoms with van der Waals surface area (Å²) >= 11 is 0. The third-order valence-corrected chi connectivity index (χ3v) is 5.79. The number of hydrogen-bond acceptors (Lipinski definition) is 4. The third kappa shape index (κ3) is 7.33. The number of pyridine rings is 1. The normalized spacial score (nSPS) is 15.2. The molecular formula is C28H33F3N2O2. The average molecular weight is 487 g/mol. The van der Waals surface area contributed by atoms with Crippen LogP contribution in [-0.2, 0) is 5.41 Å². The maximum atomic E-state index is 14.3. The molecule has 2 aromatic rings. The number of allylic oxidation sites excluding steroid dienone is 6. The maximum absolute atomic E-state index is 14.3. The van der Waals surface area contributed by atoms with Gasteiger partial charge in [-0.15, -0.1) is 0 Å². The van der Waals surface area contributed by atoms with Gasteiger partial charge in [-0.2, -0.15) is 13.2 Å². The van der Waals surface area contributed by atoms with Crippen LogP contribution in [0.1, 0.15) is 39.2 Å². The van der Waals surface area contributed by atoms with E-state index in [9.17, 15) is 23.4 Å². The van der Waals surface area contributed by atoms with Gasteiger partial charge in [0.05, 0.1) is 0 Å². The highest BCUT2D eigenvalue weighted by atomic mass is 19.4. The Morgan fingerprint density at radius 2 is 1.86 bits per heavy atom. The number of aromatic nitrogens is 1. The Morgan fingerprint density at radius 3 is 2.43 bits per heavy atom. The highest BCUT2D eigenvalue weighted by Gasteiger charge is 2.56. The van der Waals surface area contributed by atoms with E-state index in [1.54, 1.807) is 81.7 Å². The van der Waals surface area contributed by atoms with E-state index in [1.807, 2.05) is 6.07 Å². The standard InChI is InChI=1S/C28H33F3N2O2/c1-6-7-8-10-20(2)15-23(32-5)17-27(35,28(29,30)31)19-26(3,4)24-16-21(12-13-25(24)34)22-11-9-14-33-18-22/h6-16,18,32,34-35H,1,17,19H2,2-5H3/b8-7-,20-10+,23-15-. The SMILES string of the molecule is C=C\C=C/C=C(C)/C=C(/CC(O)(CC(C)(C)c1cc(-c2cccnc2)ccc1O)C(F)(F)F)NC. The molecule has 0 radical (unpaired) electrons. The Hall–Kier alpha value is -3.32. The van der Waals surface area contributed by atoms with Crippen LogP contribution in [0.2, 0.25) is 0 Å². The topological polar surface area (TPSA) is 65.4 Å². The average Bonchev–Trinajstić information content (AvgIpc) is 2.78. The first kappa shape index (κ1) is 27.9. The number of alkyl halides is 3. The molecule has 3 N–H and O–H groups in total. The lowest BCUT2D eigenvalue weighted by atomic mass is 9.72. The van der Waals surface area contributed by atoms with Crippen molar-refractivity contribution >= 4 is 0 Å². The van der Waals surface area contributed by atoms with Gasteiger partial charge in [-0.05, 0) is 54.2 Å². The zero-order chi connectivity index (χ0) is 26.3. The van der Waals surface area contributed by atoms with E-state index in [0.717, 1.165) is 5.56 Å². The van der Waals surface area contributed by atoms with Gasteiger partial charge >= 0.3 is 6.18 Å². The molecule has 0 fully saturated rings. The number of phenolic OH excluding ortho intramolecular Hbond substituents is 1. The minimum atomic E-state index is -4.91. The van der Waals surface area contributed by atoms with E-state index in [4.69, 9.17) is 0 Å². The van der Waals surface area contributed by atoms with E-state index >= 15 is 0 Å². The smallest absolute Gasteiger partial charge is 0.417 e. The first-order chi connectivity index (χ1) is 16.3. The second-order valence-corrected chi connectivity index (χ2v) is 9.19. The molecule has 1 heterocycles. The number of nitrogens with zero attached hydrogens (tertiary/aromatic N) is 1. The van der Waals surface area contributed by atoms with Crippen LogP contribution in [0, 0.1) is 0 Å². The quantitative estimate of drug-likeness (QED) is 0.331. The van der Waals surface area contributed by atoms with E-state index in [0.29, 0.717) is 16.7 Å². The van der Waals surface area contributed by atoms with Gasteiger partial charge in [0.1, 0.15) is 5.75 Å². The number of rotatable bonds is 10. The number of halogens is 3. The number of nitrogens with one attached hydrogen (secondary N) is 1. The van der Waals surface area contributed by atoms with Crippen molar-refractivity contribution < 1.29 is 23.4 Å². The number of phenols is 1. The number of hydrogen-bond donors (Lipinski definition) is 3. The van der Waals surface area contributed by atoms with Crippen molar-refractivity contribution in [3.8, 4) is 16.9 Å². The molecule has 188 valence electrons. The van der Waals surface area contributed by atoms with Crippen LogP contribution in [0.3, 0.4) is 0 Å². The fraction of sp³-hybridized carbons (Fsp3) is 0.321. The molecule has 0 amide bonds. The van der Waals surface area contributed by atoms with E-state index in [1.165, 1.54) is 13.1 Å². The minimum absolute atomic E-state index is 0.135. The molecular weight excluding hydrogens is 453 g/mol. The van der Waals surface area contributed by atoms with Gasteiger partial charge in [0, 0.05) is 42.7 Å². The minimum Gasteiger partial charge on any atom is -0.508 e. The fourth-order valence-electron chi connectivity index (χ4n) is 4.02. The molecule has 1 atom stereocenters. The van der Waals surface area contributed by atoms with E-state index < -0.39 is 30.0 Å². The highest BCUT2D eigenvalue weighted by Crippen LogP contribution is 2.46. The summed E-state index contributed by atoms with van der Waals surface area (Å²) in [6.45, 7) is 8.49. The lowest BCUT2D eigenvalue weighted by Gasteiger charge is -2.38. The van der Waals surface area contributed by atoms with Crippen LogP contribution in [0.15, 0.2) is 91.0 Å². The Kier molecular flexibility index (Phi) is 9.10. The summed E-state index contributed by atoms with van der Waals surface area (Å²) in [5, 5.41) is 24.3. The van der Waals surface area contributed by atoms with Crippen LogP contribution >= 0.6 is 0 Å². The second-order valence-electron chi connectivity index (χ2n) is 9.19. The van der Waals surface area contributed by atoms with Crippen LogP contribution in [0.5, 0.6) is 5.75 Å². The third-order valence-electron chi connectivity index (χ3n) is 5.79. The molecule has 35 heavy (non-hydrogen) atoms. The van der Waals surface area contributed by atoms with Gasteiger partial charge in [-0.1, -0.05) is 56.9 Å². The molecule has 0 aliphatic heterocycles. The lowest BCUT2D eigenvalue weighted by molar-refractivity contribution is -0.266. The zero-order valence-corrected chi connectivity index (χ0v) is 20.5.